The van der Waals surface area contributed by atoms with Crippen molar-refractivity contribution < 1.29 is 23.4 Å². The van der Waals surface area contributed by atoms with Crippen molar-refractivity contribution in [2.24, 2.45) is 0 Å². The van der Waals surface area contributed by atoms with Gasteiger partial charge in [-0.2, -0.15) is 5.10 Å². The van der Waals surface area contributed by atoms with Gasteiger partial charge in [-0.05, 0) is 17.7 Å². The van der Waals surface area contributed by atoms with E-state index in [-0.39, 0.29) is 23.1 Å². The van der Waals surface area contributed by atoms with E-state index in [1.54, 1.807) is 16.8 Å². The Balaban J connectivity index is 1.76. The first-order valence-electron chi connectivity index (χ1n) is 9.52. The van der Waals surface area contributed by atoms with Crippen LogP contribution in [0.5, 0.6) is 5.88 Å². The minimum atomic E-state index is -3.01. The highest BCUT2D eigenvalue weighted by molar-refractivity contribution is 6.31. The average molecular weight is 459 g/mol. The summed E-state index contributed by atoms with van der Waals surface area (Å²) in [5.41, 5.74) is 2.33. The van der Waals surface area contributed by atoms with Gasteiger partial charge in [0.2, 0.25) is 5.88 Å². The number of ether oxygens (including phenoxy) is 1. The zero-order valence-corrected chi connectivity index (χ0v) is 17.6. The molecule has 4 rings (SSSR count). The molecule has 0 aliphatic heterocycles. The summed E-state index contributed by atoms with van der Waals surface area (Å²) in [6, 6.07) is 12.4. The van der Waals surface area contributed by atoms with Gasteiger partial charge in [-0.15, -0.1) is 0 Å². The lowest BCUT2D eigenvalue weighted by atomic mass is 10.1. The number of hydrogen-bond donors (Lipinski definition) is 1. The fraction of sp³-hybridized carbons (Fsp3) is 0.182. The molecule has 10 heteroatoms. The van der Waals surface area contributed by atoms with Crippen LogP contribution in [0, 0.1) is 0 Å². The number of aromatic nitrogens is 4. The van der Waals surface area contributed by atoms with Crippen molar-refractivity contribution in [3.8, 4) is 17.1 Å². The average Bonchev–Trinajstić information content (AvgIpc) is 3.10. The second-order valence-electron chi connectivity index (χ2n) is 7.22. The molecule has 32 heavy (non-hydrogen) atoms. The van der Waals surface area contributed by atoms with Gasteiger partial charge in [0.15, 0.2) is 12.3 Å². The van der Waals surface area contributed by atoms with Crippen molar-refractivity contribution in [1.29, 1.82) is 0 Å². The molecule has 0 unspecified atom stereocenters. The lowest BCUT2D eigenvalue weighted by molar-refractivity contribution is -0.0242. The fourth-order valence-corrected chi connectivity index (χ4v) is 3.51. The summed E-state index contributed by atoms with van der Waals surface area (Å²) >= 11 is 6.18. The van der Waals surface area contributed by atoms with E-state index >= 15 is 0 Å². The van der Waals surface area contributed by atoms with Gasteiger partial charge >= 0.3 is 5.97 Å². The van der Waals surface area contributed by atoms with Gasteiger partial charge < -0.3 is 9.84 Å². The van der Waals surface area contributed by atoms with Crippen LogP contribution in [0.25, 0.3) is 22.2 Å². The summed E-state index contributed by atoms with van der Waals surface area (Å²) in [6.45, 7) is 0.102. The molecule has 0 fully saturated rings. The lowest BCUT2D eigenvalue weighted by Crippen LogP contribution is -2.21. The number of hydrogen-bond acceptors (Lipinski definition) is 5. The predicted molar refractivity (Wildman–Crippen MR) is 114 cm³/mol. The zero-order chi connectivity index (χ0) is 22.9. The summed E-state index contributed by atoms with van der Waals surface area (Å²) in [5.74, 6) is -4.27. The van der Waals surface area contributed by atoms with Crippen LogP contribution >= 0.6 is 11.6 Å². The third kappa shape index (κ3) is 4.52. The summed E-state index contributed by atoms with van der Waals surface area (Å²) in [6.07, 6.45) is 2.85. The second kappa shape index (κ2) is 8.51. The molecule has 0 saturated heterocycles. The highest BCUT2D eigenvalue weighted by Gasteiger charge is 2.24. The number of alkyl halides is 2. The van der Waals surface area contributed by atoms with Crippen molar-refractivity contribution in [2.75, 3.05) is 6.61 Å². The molecule has 0 bridgehead atoms. The molecule has 3 heterocycles. The van der Waals surface area contributed by atoms with Crippen molar-refractivity contribution in [3.05, 3.63) is 71.1 Å². The Morgan fingerprint density at radius 1 is 1.22 bits per heavy atom. The van der Waals surface area contributed by atoms with E-state index in [9.17, 15) is 18.7 Å². The fourth-order valence-electron chi connectivity index (χ4n) is 3.27. The molecule has 0 radical (unpaired) electrons. The molecule has 0 aliphatic rings. The Morgan fingerprint density at radius 3 is 2.62 bits per heavy atom. The SMILES string of the molecule is CC(F)(F)COc1ncc(Cn2nc3ccnc(C(=O)O)c3c2-c2ccccc2)cc1Cl. The van der Waals surface area contributed by atoms with Gasteiger partial charge in [0.25, 0.3) is 5.92 Å². The van der Waals surface area contributed by atoms with Crippen molar-refractivity contribution in [3.63, 3.8) is 0 Å². The molecule has 0 atom stereocenters. The number of pyridine rings is 2. The minimum Gasteiger partial charge on any atom is -0.476 e. The van der Waals surface area contributed by atoms with Crippen LogP contribution in [0.3, 0.4) is 0 Å². The molecule has 1 aromatic carbocycles. The number of carboxylic acid groups (broad SMARTS) is 1. The third-order valence-electron chi connectivity index (χ3n) is 4.56. The molecule has 1 N–H and O–H groups in total. The van der Waals surface area contributed by atoms with Crippen LogP contribution in [0.15, 0.2) is 54.9 Å². The van der Waals surface area contributed by atoms with Crippen LogP contribution in [0.4, 0.5) is 8.78 Å². The molecule has 0 amide bonds. The number of aromatic carboxylic acids is 1. The molecule has 7 nitrogen and oxygen atoms in total. The molecule has 0 saturated carbocycles. The maximum Gasteiger partial charge on any atom is 0.355 e. The Morgan fingerprint density at radius 2 is 1.97 bits per heavy atom. The van der Waals surface area contributed by atoms with E-state index in [2.05, 4.69) is 15.1 Å². The van der Waals surface area contributed by atoms with Crippen molar-refractivity contribution in [2.45, 2.75) is 19.4 Å². The van der Waals surface area contributed by atoms with Gasteiger partial charge in [-0.1, -0.05) is 41.9 Å². The van der Waals surface area contributed by atoms with E-state index in [1.807, 2.05) is 30.3 Å². The predicted octanol–water partition coefficient (Wildman–Crippen LogP) is 4.93. The lowest BCUT2D eigenvalue weighted by Gasteiger charge is -2.13. The summed E-state index contributed by atoms with van der Waals surface area (Å²) in [7, 11) is 0. The van der Waals surface area contributed by atoms with E-state index in [4.69, 9.17) is 16.3 Å². The number of rotatable bonds is 7. The van der Waals surface area contributed by atoms with Crippen LogP contribution < -0.4 is 4.74 Å². The van der Waals surface area contributed by atoms with E-state index < -0.39 is 18.5 Å². The maximum atomic E-state index is 13.0. The van der Waals surface area contributed by atoms with Crippen LogP contribution in [-0.2, 0) is 6.54 Å². The zero-order valence-electron chi connectivity index (χ0n) is 16.8. The first-order chi connectivity index (χ1) is 15.2. The highest BCUT2D eigenvalue weighted by atomic mass is 35.5. The normalized spacial score (nSPS) is 11.6. The Labute approximate surface area is 186 Å². The number of benzene rings is 1. The minimum absolute atomic E-state index is 0.0811. The molecule has 0 spiro atoms. The van der Waals surface area contributed by atoms with Gasteiger partial charge in [0.1, 0.15) is 5.02 Å². The second-order valence-corrected chi connectivity index (χ2v) is 7.63. The highest BCUT2D eigenvalue weighted by Crippen LogP contribution is 2.32. The quantitative estimate of drug-likeness (QED) is 0.422. The molecule has 4 aromatic rings. The number of nitrogens with zero attached hydrogens (tertiary/aromatic N) is 4. The molecule has 164 valence electrons. The number of carboxylic acids is 1. The Hall–Kier alpha value is -3.59. The molecule has 3 aromatic heterocycles. The Bertz CT molecular complexity index is 1290. The van der Waals surface area contributed by atoms with Crippen LogP contribution in [0.2, 0.25) is 5.02 Å². The largest absolute Gasteiger partial charge is 0.476 e. The Kier molecular flexibility index (Phi) is 5.75. The topological polar surface area (TPSA) is 90.1 Å². The first kappa shape index (κ1) is 21.6. The van der Waals surface area contributed by atoms with E-state index in [1.165, 1.54) is 12.4 Å². The first-order valence-corrected chi connectivity index (χ1v) is 9.90. The summed E-state index contributed by atoms with van der Waals surface area (Å²) in [4.78, 5) is 19.8. The van der Waals surface area contributed by atoms with Gasteiger partial charge in [0, 0.05) is 24.9 Å². The third-order valence-corrected chi connectivity index (χ3v) is 4.83. The van der Waals surface area contributed by atoms with Crippen LogP contribution in [-0.4, -0.2) is 43.4 Å². The van der Waals surface area contributed by atoms with Crippen molar-refractivity contribution >= 4 is 28.5 Å². The summed E-state index contributed by atoms with van der Waals surface area (Å²) in [5, 5.41) is 14.7. The number of fused-ring (bicyclic) bond motifs is 1. The maximum absolute atomic E-state index is 13.0. The number of halogens is 3. The smallest absolute Gasteiger partial charge is 0.355 e. The summed E-state index contributed by atoms with van der Waals surface area (Å²) < 4.78 is 32.7. The monoisotopic (exact) mass is 458 g/mol. The van der Waals surface area contributed by atoms with Crippen molar-refractivity contribution in [1.82, 2.24) is 19.7 Å². The van der Waals surface area contributed by atoms with Gasteiger partial charge in [-0.25, -0.2) is 23.5 Å². The standard InChI is InChI=1S/C22H17ClF2N4O3/c1-22(24,25)12-32-20-15(23)9-13(10-27-20)11-29-19(14-5-3-2-4-6-14)17-16(28-29)7-8-26-18(17)21(30)31/h2-10H,11-12H2,1H3,(H,30,31). The van der Waals surface area contributed by atoms with E-state index in [0.717, 1.165) is 12.5 Å². The molecular formula is C22H17ClF2N4O3. The molecular weight excluding hydrogens is 442 g/mol. The van der Waals surface area contributed by atoms with E-state index in [0.29, 0.717) is 22.2 Å². The molecule has 0 aliphatic carbocycles. The van der Waals surface area contributed by atoms with Gasteiger partial charge in [-0.3, -0.25) is 4.68 Å². The van der Waals surface area contributed by atoms with Gasteiger partial charge in [0.05, 0.1) is 23.1 Å². The van der Waals surface area contributed by atoms with Crippen LogP contribution in [0.1, 0.15) is 23.0 Å². The number of carbonyl (C=O) groups is 1.